The predicted octanol–water partition coefficient (Wildman–Crippen LogP) is 6.82. The monoisotopic (exact) mass is 638 g/mol. The number of carbonyl (C=O) groups is 1. The largest absolute Gasteiger partial charge is 0.393 e. The maximum Gasteiger partial charge on any atom is 0.331 e. The molecule has 2 aromatic rings. The van der Waals surface area contributed by atoms with Gasteiger partial charge < -0.3 is 15.1 Å². The van der Waals surface area contributed by atoms with Crippen molar-refractivity contribution < 1.29 is 23.4 Å². The van der Waals surface area contributed by atoms with E-state index in [1.54, 1.807) is 19.2 Å². The lowest BCUT2D eigenvalue weighted by Crippen LogP contribution is -2.62. The molecule has 248 valence electrons. The van der Waals surface area contributed by atoms with E-state index in [0.717, 1.165) is 62.1 Å². The third kappa shape index (κ3) is 5.61. The minimum atomic E-state index is -3.99. The third-order valence-corrected chi connectivity index (χ3v) is 15.0. The molecular formula is C37H54N2O5S. The predicted molar refractivity (Wildman–Crippen MR) is 178 cm³/mol. The first kappa shape index (κ1) is 32.8. The lowest BCUT2D eigenvalue weighted by Gasteiger charge is -2.64. The second kappa shape index (κ2) is 12.1. The molecule has 2 aromatic carbocycles. The average molecular weight is 639 g/mol. The Kier molecular flexibility index (Phi) is 8.83. The number of carbonyl (C=O) groups excluding carboxylic acids is 1. The first-order valence-electron chi connectivity index (χ1n) is 17.4. The summed E-state index contributed by atoms with van der Waals surface area (Å²) >= 11 is 0. The normalized spacial score (nSPS) is 38.6. The highest BCUT2D eigenvalue weighted by Gasteiger charge is 2.64. The molecule has 6 rings (SSSR count). The molecule has 0 saturated heterocycles. The van der Waals surface area contributed by atoms with Crippen LogP contribution in [0.3, 0.4) is 0 Å². The van der Waals surface area contributed by atoms with Crippen LogP contribution in [0.1, 0.15) is 85.5 Å². The molecule has 4 aliphatic rings. The number of sulfonamides is 1. The minimum Gasteiger partial charge on any atom is -0.393 e. The number of nitrogens with zero attached hydrogens (tertiary/aromatic N) is 1. The van der Waals surface area contributed by atoms with Gasteiger partial charge in [0.05, 0.1) is 17.1 Å². The molecule has 0 heterocycles. The summed E-state index contributed by atoms with van der Waals surface area (Å²) in [5, 5.41) is 24.3. The summed E-state index contributed by atoms with van der Waals surface area (Å²) in [5.74, 6) is 2.85. The fourth-order valence-electron chi connectivity index (χ4n) is 11.2. The van der Waals surface area contributed by atoms with Gasteiger partial charge in [-0.05, 0) is 127 Å². The standard InChI is InChI=1S/C37H54N2O5S/c1-6-28-32-22-26(40)15-18-37(32,4)31-16-19-36(3)29(13-14-30(36)33(31)34(28)41)23(2)17-20-39(5)35(42)38-45(43,44)27-12-11-24-9-7-8-10-25(24)21-27/h7-12,21,23,26,28-34,40-41H,6,13-20,22H2,1-5H3,(H,38,42)/t23-,26-,28-,29-,30+,31+,32+,33+,34-,36-,37-/m1/s1. The molecule has 2 amide bonds. The number of hydrogen-bond donors (Lipinski definition) is 3. The molecule has 0 unspecified atom stereocenters. The van der Waals surface area contributed by atoms with Crippen molar-refractivity contribution in [3.05, 3.63) is 42.5 Å². The molecule has 0 radical (unpaired) electrons. The molecular weight excluding hydrogens is 584 g/mol. The summed E-state index contributed by atoms with van der Waals surface area (Å²) in [6.07, 6.45) is 8.61. The zero-order valence-corrected chi connectivity index (χ0v) is 28.6. The van der Waals surface area contributed by atoms with Crippen LogP contribution in [0.15, 0.2) is 47.4 Å². The Morgan fingerprint density at radius 2 is 1.67 bits per heavy atom. The zero-order valence-electron chi connectivity index (χ0n) is 27.8. The number of nitrogens with one attached hydrogen (secondary N) is 1. The molecule has 0 aliphatic heterocycles. The highest BCUT2D eigenvalue weighted by molar-refractivity contribution is 7.90. The van der Waals surface area contributed by atoms with Gasteiger partial charge in [-0.1, -0.05) is 64.4 Å². The molecule has 0 aromatic heterocycles. The highest BCUT2D eigenvalue weighted by Crippen LogP contribution is 2.69. The number of amides is 2. The molecule has 4 aliphatic carbocycles. The SMILES string of the molecule is CC[C@H]1[C@@H](O)[C@@H]2[C@H](CC[C@]3(C)[C@@H]([C@H](C)CCN(C)C(=O)NS(=O)(=O)c4ccc5ccccc5c4)CC[C@@H]23)[C@@]2(C)CC[C@@H](O)C[C@@H]12. The quantitative estimate of drug-likeness (QED) is 0.309. The van der Waals surface area contributed by atoms with E-state index in [4.69, 9.17) is 0 Å². The van der Waals surface area contributed by atoms with Gasteiger partial charge in [-0.15, -0.1) is 0 Å². The zero-order chi connectivity index (χ0) is 32.3. The van der Waals surface area contributed by atoms with E-state index in [9.17, 15) is 23.4 Å². The van der Waals surface area contributed by atoms with Crippen molar-refractivity contribution in [1.29, 1.82) is 0 Å². The van der Waals surface area contributed by atoms with Gasteiger partial charge in [-0.25, -0.2) is 17.9 Å². The summed E-state index contributed by atoms with van der Waals surface area (Å²) in [5.41, 5.74) is 0.343. The van der Waals surface area contributed by atoms with Crippen LogP contribution >= 0.6 is 0 Å². The van der Waals surface area contributed by atoms with E-state index in [2.05, 4.69) is 32.4 Å². The minimum absolute atomic E-state index is 0.0802. The molecule has 0 bridgehead atoms. The number of hydrogen-bond acceptors (Lipinski definition) is 5. The van der Waals surface area contributed by atoms with Crippen molar-refractivity contribution in [2.75, 3.05) is 13.6 Å². The Morgan fingerprint density at radius 3 is 2.40 bits per heavy atom. The van der Waals surface area contributed by atoms with Gasteiger partial charge in [0.15, 0.2) is 0 Å². The van der Waals surface area contributed by atoms with Gasteiger partial charge in [-0.3, -0.25) is 0 Å². The van der Waals surface area contributed by atoms with Gasteiger partial charge in [-0.2, -0.15) is 0 Å². The summed E-state index contributed by atoms with van der Waals surface area (Å²) in [6, 6.07) is 11.8. The van der Waals surface area contributed by atoms with Crippen molar-refractivity contribution in [2.24, 2.45) is 52.3 Å². The van der Waals surface area contributed by atoms with Crippen molar-refractivity contribution in [1.82, 2.24) is 9.62 Å². The molecule has 45 heavy (non-hydrogen) atoms. The lowest BCUT2D eigenvalue weighted by atomic mass is 9.41. The second-order valence-corrected chi connectivity index (χ2v) is 17.4. The Bertz CT molecular complexity index is 1510. The summed E-state index contributed by atoms with van der Waals surface area (Å²) in [6.45, 7) is 9.95. The Labute approximate surface area is 270 Å². The summed E-state index contributed by atoms with van der Waals surface area (Å²) in [4.78, 5) is 14.6. The Balaban J connectivity index is 1.10. The van der Waals surface area contributed by atoms with Gasteiger partial charge in [0.2, 0.25) is 0 Å². The van der Waals surface area contributed by atoms with E-state index in [0.29, 0.717) is 42.1 Å². The van der Waals surface area contributed by atoms with Crippen LogP contribution < -0.4 is 4.72 Å². The van der Waals surface area contributed by atoms with Crippen LogP contribution in [-0.4, -0.2) is 55.4 Å². The lowest BCUT2D eigenvalue weighted by molar-refractivity contribution is -0.203. The van der Waals surface area contributed by atoms with Crippen molar-refractivity contribution in [2.45, 2.75) is 103 Å². The van der Waals surface area contributed by atoms with Gasteiger partial charge in [0, 0.05) is 13.6 Å². The van der Waals surface area contributed by atoms with Crippen LogP contribution in [0, 0.1) is 52.3 Å². The van der Waals surface area contributed by atoms with Gasteiger partial charge in [0.1, 0.15) is 0 Å². The molecule has 4 saturated carbocycles. The van der Waals surface area contributed by atoms with Crippen LogP contribution in [0.2, 0.25) is 0 Å². The summed E-state index contributed by atoms with van der Waals surface area (Å²) < 4.78 is 28.4. The fourth-order valence-corrected chi connectivity index (χ4v) is 12.3. The number of aliphatic hydroxyl groups excluding tert-OH is 2. The highest BCUT2D eigenvalue weighted by atomic mass is 32.2. The third-order valence-electron chi connectivity index (χ3n) is 13.7. The van der Waals surface area contributed by atoms with E-state index in [1.807, 2.05) is 24.3 Å². The Morgan fingerprint density at radius 1 is 0.978 bits per heavy atom. The van der Waals surface area contributed by atoms with Crippen molar-refractivity contribution >= 4 is 26.8 Å². The molecule has 7 nitrogen and oxygen atoms in total. The molecule has 3 N–H and O–H groups in total. The van der Waals surface area contributed by atoms with Crippen LogP contribution in [0.25, 0.3) is 10.8 Å². The van der Waals surface area contributed by atoms with Gasteiger partial charge in [0.25, 0.3) is 10.0 Å². The topological polar surface area (TPSA) is 107 Å². The van der Waals surface area contributed by atoms with E-state index >= 15 is 0 Å². The van der Waals surface area contributed by atoms with E-state index in [1.165, 1.54) is 17.4 Å². The number of fused-ring (bicyclic) bond motifs is 6. The maximum atomic E-state index is 13.1. The second-order valence-electron chi connectivity index (χ2n) is 15.7. The molecule has 0 spiro atoms. The average Bonchev–Trinajstić information content (AvgIpc) is 3.37. The molecule has 8 heteroatoms. The van der Waals surface area contributed by atoms with Crippen LogP contribution in [-0.2, 0) is 10.0 Å². The first-order chi connectivity index (χ1) is 21.3. The van der Waals surface area contributed by atoms with Crippen molar-refractivity contribution in [3.63, 3.8) is 0 Å². The van der Waals surface area contributed by atoms with E-state index < -0.39 is 16.1 Å². The van der Waals surface area contributed by atoms with Crippen LogP contribution in [0.5, 0.6) is 0 Å². The summed E-state index contributed by atoms with van der Waals surface area (Å²) in [7, 11) is -2.32. The van der Waals surface area contributed by atoms with Crippen LogP contribution in [0.4, 0.5) is 4.79 Å². The number of urea groups is 1. The molecule has 4 fully saturated rings. The number of rotatable bonds is 7. The fraction of sp³-hybridized carbons (Fsp3) is 0.703. The number of aliphatic hydroxyl groups is 2. The smallest absolute Gasteiger partial charge is 0.331 e. The Hall–Kier alpha value is -2.16. The van der Waals surface area contributed by atoms with E-state index in [-0.39, 0.29) is 33.9 Å². The maximum absolute atomic E-state index is 13.1. The first-order valence-corrected chi connectivity index (χ1v) is 18.9. The number of benzene rings is 2. The van der Waals surface area contributed by atoms with Gasteiger partial charge >= 0.3 is 6.03 Å². The van der Waals surface area contributed by atoms with Crippen molar-refractivity contribution in [3.8, 4) is 0 Å². The molecule has 11 atom stereocenters.